The van der Waals surface area contributed by atoms with E-state index in [1.54, 1.807) is 0 Å². The van der Waals surface area contributed by atoms with Gasteiger partial charge in [-0.2, -0.15) is 0 Å². The quantitative estimate of drug-likeness (QED) is 0.0993. The molecule has 1 unspecified atom stereocenters. The smallest absolute Gasteiger partial charge is 0.0838 e. The maximum Gasteiger partial charge on any atom is 0.0838 e. The van der Waals surface area contributed by atoms with E-state index in [2.05, 4.69) is 84.2 Å². The van der Waals surface area contributed by atoms with E-state index in [0.29, 0.717) is 0 Å². The Morgan fingerprint density at radius 2 is 0.750 bits per heavy atom. The van der Waals surface area contributed by atoms with Crippen LogP contribution in [0.25, 0.3) is 0 Å². The van der Waals surface area contributed by atoms with Crippen LogP contribution in [0.1, 0.15) is 78.6 Å². The van der Waals surface area contributed by atoms with E-state index in [0.717, 1.165) is 8.97 Å². The lowest BCUT2D eigenvalue weighted by Crippen LogP contribution is -3.00. The molecule has 0 bridgehead atoms. The fourth-order valence-electron chi connectivity index (χ4n) is 4.12. The van der Waals surface area contributed by atoms with Crippen LogP contribution in [0.3, 0.4) is 0 Å². The molecule has 0 aromatic rings. The van der Waals surface area contributed by atoms with Crippen molar-refractivity contribution in [1.29, 1.82) is 0 Å². The Kier molecular flexibility index (Phi) is 37.1. The van der Waals surface area contributed by atoms with Crippen LogP contribution in [-0.2, 0) is 0 Å². The second-order valence-electron chi connectivity index (χ2n) is 13.3. The number of hydrogen-bond acceptors (Lipinski definition) is 0. The molecule has 0 spiro atoms. The molecule has 36 heavy (non-hydrogen) atoms. The molecule has 0 fully saturated rings. The average molecular weight is 692 g/mol. The molecular formula is C28H68Br2Cl2N4. The molecule has 1 atom stereocenters. The predicted octanol–water partition coefficient (Wildman–Crippen LogP) is -6.51. The van der Waals surface area contributed by atoms with E-state index in [9.17, 15) is 0 Å². The number of unbranched alkanes of at least 4 members (excludes halogenated alkanes) is 5. The lowest BCUT2D eigenvalue weighted by atomic mass is 10.1. The second-order valence-corrected chi connectivity index (χ2v) is 13.3. The van der Waals surface area contributed by atoms with Gasteiger partial charge in [-0.05, 0) is 26.2 Å². The van der Waals surface area contributed by atoms with Crippen molar-refractivity contribution in [2.45, 2.75) is 78.6 Å². The Bertz CT molecular complexity index is 442. The van der Waals surface area contributed by atoms with Crippen LogP contribution >= 0.6 is 0 Å². The van der Waals surface area contributed by atoms with Gasteiger partial charge in [-0.25, -0.2) is 0 Å². The van der Waals surface area contributed by atoms with Crippen molar-refractivity contribution in [2.24, 2.45) is 0 Å². The van der Waals surface area contributed by atoms with E-state index in [1.807, 2.05) is 0 Å². The SMILES string of the molecule is CCCCCCC[N+](C)(C)CCC[N+](C)(C)C.CCCC[N+](C)(CC)CCC[N+](C)(C)C.[Br-].[Br-].[Cl-].[Cl-]. The van der Waals surface area contributed by atoms with Crippen LogP contribution in [0.2, 0.25) is 0 Å². The minimum Gasteiger partial charge on any atom is -1.00 e. The second kappa shape index (κ2) is 26.6. The Hall–Kier alpha value is 1.38. The number of hydrogen-bond donors (Lipinski definition) is 0. The number of rotatable bonds is 18. The zero-order chi connectivity index (χ0) is 25.3. The minimum absolute atomic E-state index is 0. The van der Waals surface area contributed by atoms with Gasteiger partial charge in [0.05, 0.1) is 109 Å². The lowest BCUT2D eigenvalue weighted by Gasteiger charge is -2.34. The molecule has 4 nitrogen and oxygen atoms in total. The van der Waals surface area contributed by atoms with Crippen LogP contribution in [0.4, 0.5) is 0 Å². The van der Waals surface area contributed by atoms with Gasteiger partial charge in [0.25, 0.3) is 0 Å². The highest BCUT2D eigenvalue weighted by Gasteiger charge is 2.19. The standard InChI is InChI=1S/C15H36N2.C13H32N2.2BrH.2ClH/c1-7-8-9-10-11-14-17(5,6)15-12-13-16(2,3)4;1-7-9-12-15(6,8-2)13-10-11-14(3,4)5;;;;/h7-15H2,1-6H3;7-13H2,1-6H3;4*1H/q2*+2;;;;/p-4. The summed E-state index contributed by atoms with van der Waals surface area (Å²) >= 11 is 0. The summed E-state index contributed by atoms with van der Waals surface area (Å²) in [5.41, 5.74) is 0. The summed E-state index contributed by atoms with van der Waals surface area (Å²) in [5.74, 6) is 0. The van der Waals surface area contributed by atoms with Crippen molar-refractivity contribution in [3.05, 3.63) is 0 Å². The summed E-state index contributed by atoms with van der Waals surface area (Å²) < 4.78 is 4.65. The van der Waals surface area contributed by atoms with Gasteiger partial charge in [0.1, 0.15) is 0 Å². The molecule has 0 radical (unpaired) electrons. The summed E-state index contributed by atoms with van der Waals surface area (Å²) in [7, 11) is 20.9. The summed E-state index contributed by atoms with van der Waals surface area (Å²) in [4.78, 5) is 0. The van der Waals surface area contributed by atoms with Crippen molar-refractivity contribution in [3.8, 4) is 0 Å². The maximum absolute atomic E-state index is 2.41. The predicted molar refractivity (Wildman–Crippen MR) is 147 cm³/mol. The minimum atomic E-state index is 0. The number of halogens is 4. The molecule has 0 heterocycles. The highest BCUT2D eigenvalue weighted by molar-refractivity contribution is 4.44. The van der Waals surface area contributed by atoms with E-state index in [4.69, 9.17) is 0 Å². The molecule has 0 aromatic heterocycles. The van der Waals surface area contributed by atoms with Gasteiger partial charge in [-0.3, -0.25) is 0 Å². The Morgan fingerprint density at radius 3 is 1.14 bits per heavy atom. The van der Waals surface area contributed by atoms with Gasteiger partial charge >= 0.3 is 0 Å². The van der Waals surface area contributed by atoms with Gasteiger partial charge in [0.2, 0.25) is 0 Å². The first-order chi connectivity index (χ1) is 14.6. The van der Waals surface area contributed by atoms with Crippen LogP contribution in [0, 0.1) is 0 Å². The van der Waals surface area contributed by atoms with Crippen molar-refractivity contribution in [2.75, 3.05) is 109 Å². The lowest BCUT2D eigenvalue weighted by molar-refractivity contribution is -0.916. The van der Waals surface area contributed by atoms with E-state index in [-0.39, 0.29) is 58.8 Å². The first-order valence-corrected chi connectivity index (χ1v) is 13.9. The van der Waals surface area contributed by atoms with Gasteiger partial charge < -0.3 is 76.7 Å². The number of nitrogens with zero attached hydrogens (tertiary/aromatic N) is 4. The Labute approximate surface area is 263 Å². The molecule has 0 N–H and O–H groups in total. The van der Waals surface area contributed by atoms with Crippen molar-refractivity contribution >= 4 is 0 Å². The van der Waals surface area contributed by atoms with Gasteiger partial charge in [-0.1, -0.05) is 39.5 Å². The molecule has 0 amide bonds. The zero-order valence-corrected chi connectivity index (χ0v) is 31.3. The molecule has 0 aromatic carbocycles. The zero-order valence-electron chi connectivity index (χ0n) is 26.6. The first kappa shape index (κ1) is 50.2. The normalized spacial score (nSPS) is 13.0. The molecule has 0 aliphatic carbocycles. The van der Waals surface area contributed by atoms with E-state index >= 15 is 0 Å². The third-order valence-electron chi connectivity index (χ3n) is 6.80. The van der Waals surface area contributed by atoms with Crippen LogP contribution in [-0.4, -0.2) is 127 Å². The molecule has 0 aliphatic rings. The largest absolute Gasteiger partial charge is 1.00 e. The van der Waals surface area contributed by atoms with Crippen LogP contribution in [0.5, 0.6) is 0 Å². The average Bonchev–Trinajstić information content (AvgIpc) is 2.64. The summed E-state index contributed by atoms with van der Waals surface area (Å²) in [5, 5.41) is 0. The van der Waals surface area contributed by atoms with Crippen LogP contribution in [0.15, 0.2) is 0 Å². The Morgan fingerprint density at radius 1 is 0.389 bits per heavy atom. The Balaban J connectivity index is -0.000000113. The molecule has 0 rings (SSSR count). The number of quaternary nitrogens is 4. The van der Waals surface area contributed by atoms with Gasteiger partial charge in [0.15, 0.2) is 0 Å². The van der Waals surface area contributed by atoms with Gasteiger partial charge in [0, 0.05) is 12.8 Å². The molecular weight excluding hydrogens is 623 g/mol. The summed E-state index contributed by atoms with van der Waals surface area (Å²) in [6.07, 6.45) is 12.4. The molecule has 0 aliphatic heterocycles. The highest BCUT2D eigenvalue weighted by atomic mass is 79.9. The van der Waals surface area contributed by atoms with E-state index in [1.165, 1.54) is 113 Å². The van der Waals surface area contributed by atoms with Crippen LogP contribution < -0.4 is 58.8 Å². The third kappa shape index (κ3) is 37.5. The first-order valence-electron chi connectivity index (χ1n) is 13.9. The fourth-order valence-corrected chi connectivity index (χ4v) is 4.12. The van der Waals surface area contributed by atoms with E-state index < -0.39 is 0 Å². The maximum atomic E-state index is 2.41. The summed E-state index contributed by atoms with van der Waals surface area (Å²) in [6, 6.07) is 0. The van der Waals surface area contributed by atoms with Crippen molar-refractivity contribution in [1.82, 2.24) is 0 Å². The highest BCUT2D eigenvalue weighted by Crippen LogP contribution is 2.09. The third-order valence-corrected chi connectivity index (χ3v) is 6.80. The van der Waals surface area contributed by atoms with Crippen molar-refractivity contribution in [3.63, 3.8) is 0 Å². The monoisotopic (exact) mass is 688 g/mol. The molecule has 0 saturated heterocycles. The van der Waals surface area contributed by atoms with Gasteiger partial charge in [-0.15, -0.1) is 0 Å². The topological polar surface area (TPSA) is 0 Å². The van der Waals surface area contributed by atoms with Crippen molar-refractivity contribution < 1.29 is 76.7 Å². The summed E-state index contributed by atoms with van der Waals surface area (Å²) in [6.45, 7) is 16.1. The molecule has 8 heteroatoms. The molecule has 228 valence electrons. The fraction of sp³-hybridized carbons (Fsp3) is 1.00. The molecule has 0 saturated carbocycles.